The number of hydrazine groups is 1. The van der Waals surface area contributed by atoms with Crippen molar-refractivity contribution in [2.75, 3.05) is 0 Å². The summed E-state index contributed by atoms with van der Waals surface area (Å²) in [6.07, 6.45) is 2.06. The summed E-state index contributed by atoms with van der Waals surface area (Å²) < 4.78 is 6.13. The normalized spacial score (nSPS) is 19.3. The van der Waals surface area contributed by atoms with E-state index in [0.29, 0.717) is 12.0 Å². The number of nitrogens with zero attached hydrogens (tertiary/aromatic N) is 2. The molecule has 0 aliphatic carbocycles. The second kappa shape index (κ2) is 8.71. The second-order valence-corrected chi connectivity index (χ2v) is 8.25. The van der Waals surface area contributed by atoms with Crippen molar-refractivity contribution in [3.8, 4) is 0 Å². The van der Waals surface area contributed by atoms with E-state index in [9.17, 15) is 14.9 Å². The maximum Gasteiger partial charge on any atom is 0.270 e. The molecule has 3 rings (SSSR count). The third-order valence-corrected chi connectivity index (χ3v) is 4.75. The molecular weight excluding hydrogens is 370 g/mol. The number of benzene rings is 2. The summed E-state index contributed by atoms with van der Waals surface area (Å²) in [5.41, 5.74) is 4.48. The molecule has 1 aliphatic heterocycles. The SMILES string of the molecule is CC(C)(C)OC1C[C@H](CCc2ccccc2)NN1C(=O)c1ccc([N+](=O)[O-])cc1. The standard InChI is InChI=1S/C22H27N3O4/c1-22(2,3)29-20-15-18(12-9-16-7-5-4-6-8-16)23-24(20)21(26)17-10-13-19(14-11-17)25(27)28/h4-8,10-11,13-14,18,20,23H,9,12,15H2,1-3H3/t18-,20?/m0/s1. The predicted molar refractivity (Wildman–Crippen MR) is 110 cm³/mol. The molecule has 7 heteroatoms. The summed E-state index contributed by atoms with van der Waals surface area (Å²) in [6.45, 7) is 5.87. The Balaban J connectivity index is 1.72. The average molecular weight is 397 g/mol. The first kappa shape index (κ1) is 21.0. The molecule has 1 amide bonds. The van der Waals surface area contributed by atoms with Crippen LogP contribution in [0.3, 0.4) is 0 Å². The van der Waals surface area contributed by atoms with Crippen LogP contribution >= 0.6 is 0 Å². The summed E-state index contributed by atoms with van der Waals surface area (Å²) in [6, 6.07) is 16.0. The lowest BCUT2D eigenvalue weighted by Crippen LogP contribution is -2.47. The van der Waals surface area contributed by atoms with Gasteiger partial charge in [0.15, 0.2) is 0 Å². The fourth-order valence-corrected chi connectivity index (χ4v) is 3.41. The molecule has 1 heterocycles. The minimum Gasteiger partial charge on any atom is -0.351 e. The van der Waals surface area contributed by atoms with Crippen LogP contribution in [0, 0.1) is 10.1 Å². The Morgan fingerprint density at radius 2 is 1.83 bits per heavy atom. The van der Waals surface area contributed by atoms with Crippen molar-refractivity contribution in [3.05, 3.63) is 75.8 Å². The molecule has 0 bridgehead atoms. The van der Waals surface area contributed by atoms with Crippen molar-refractivity contribution in [1.29, 1.82) is 0 Å². The van der Waals surface area contributed by atoms with Crippen LogP contribution in [0.25, 0.3) is 0 Å². The van der Waals surface area contributed by atoms with E-state index in [1.807, 2.05) is 39.0 Å². The van der Waals surface area contributed by atoms with Crippen LogP contribution < -0.4 is 5.43 Å². The molecule has 0 spiro atoms. The topological polar surface area (TPSA) is 84.7 Å². The minimum absolute atomic E-state index is 0.0424. The van der Waals surface area contributed by atoms with Gasteiger partial charge in [-0.25, -0.2) is 10.4 Å². The lowest BCUT2D eigenvalue weighted by molar-refractivity contribution is -0.384. The fraction of sp³-hybridized carbons (Fsp3) is 0.409. The molecule has 2 atom stereocenters. The molecule has 0 saturated carbocycles. The first-order valence-electron chi connectivity index (χ1n) is 9.79. The van der Waals surface area contributed by atoms with Gasteiger partial charge in [0.2, 0.25) is 0 Å². The summed E-state index contributed by atoms with van der Waals surface area (Å²) in [5, 5.41) is 12.4. The molecule has 0 aromatic heterocycles. The molecule has 1 N–H and O–H groups in total. The molecule has 1 saturated heterocycles. The van der Waals surface area contributed by atoms with Gasteiger partial charge in [0.05, 0.1) is 10.5 Å². The average Bonchev–Trinajstić information content (AvgIpc) is 3.07. The van der Waals surface area contributed by atoms with E-state index in [-0.39, 0.29) is 17.6 Å². The monoisotopic (exact) mass is 397 g/mol. The highest BCUT2D eigenvalue weighted by Gasteiger charge is 2.38. The van der Waals surface area contributed by atoms with Gasteiger partial charge in [-0.1, -0.05) is 30.3 Å². The molecule has 7 nitrogen and oxygen atoms in total. The minimum atomic E-state index is -0.479. The zero-order chi connectivity index (χ0) is 21.0. The van der Waals surface area contributed by atoms with Gasteiger partial charge in [-0.3, -0.25) is 14.9 Å². The number of aryl methyl sites for hydroxylation is 1. The quantitative estimate of drug-likeness (QED) is 0.586. The highest BCUT2D eigenvalue weighted by Crippen LogP contribution is 2.26. The van der Waals surface area contributed by atoms with E-state index in [1.165, 1.54) is 34.8 Å². The molecule has 1 unspecified atom stereocenters. The molecule has 1 fully saturated rings. The van der Waals surface area contributed by atoms with Gasteiger partial charge in [0.25, 0.3) is 11.6 Å². The maximum absolute atomic E-state index is 13.1. The van der Waals surface area contributed by atoms with Crippen LogP contribution in [0.4, 0.5) is 5.69 Å². The van der Waals surface area contributed by atoms with E-state index in [1.54, 1.807) is 0 Å². The van der Waals surface area contributed by atoms with E-state index in [2.05, 4.69) is 17.6 Å². The lowest BCUT2D eigenvalue weighted by atomic mass is 10.0. The number of nitrogens with one attached hydrogen (secondary N) is 1. The fourth-order valence-electron chi connectivity index (χ4n) is 3.41. The highest BCUT2D eigenvalue weighted by atomic mass is 16.6. The Kier molecular flexibility index (Phi) is 6.30. The number of hydrogen-bond donors (Lipinski definition) is 1. The summed E-state index contributed by atoms with van der Waals surface area (Å²) in [5.74, 6) is -0.253. The van der Waals surface area contributed by atoms with Gasteiger partial charge in [0, 0.05) is 30.2 Å². The van der Waals surface area contributed by atoms with Crippen LogP contribution in [0.2, 0.25) is 0 Å². The van der Waals surface area contributed by atoms with Crippen molar-refractivity contribution in [1.82, 2.24) is 10.4 Å². The predicted octanol–water partition coefficient (Wildman–Crippen LogP) is 4.09. The molecule has 29 heavy (non-hydrogen) atoms. The number of hydrogen-bond acceptors (Lipinski definition) is 5. The van der Waals surface area contributed by atoms with Crippen molar-refractivity contribution in [2.45, 2.75) is 57.9 Å². The molecule has 2 aromatic carbocycles. The number of ether oxygens (including phenoxy) is 1. The summed E-state index contributed by atoms with van der Waals surface area (Å²) in [7, 11) is 0. The Morgan fingerprint density at radius 3 is 2.41 bits per heavy atom. The Labute approximate surface area is 170 Å². The van der Waals surface area contributed by atoms with Crippen molar-refractivity contribution < 1.29 is 14.5 Å². The van der Waals surface area contributed by atoms with Gasteiger partial charge in [-0.2, -0.15) is 0 Å². The Hall–Kier alpha value is -2.77. The van der Waals surface area contributed by atoms with Crippen LogP contribution in [0.5, 0.6) is 0 Å². The number of carbonyl (C=O) groups is 1. The second-order valence-electron chi connectivity index (χ2n) is 8.25. The van der Waals surface area contributed by atoms with Crippen LogP contribution in [0.1, 0.15) is 49.5 Å². The van der Waals surface area contributed by atoms with Crippen LogP contribution in [-0.2, 0) is 11.2 Å². The molecular formula is C22H27N3O4. The van der Waals surface area contributed by atoms with E-state index in [0.717, 1.165) is 12.8 Å². The molecule has 0 radical (unpaired) electrons. The van der Waals surface area contributed by atoms with Gasteiger partial charge >= 0.3 is 0 Å². The van der Waals surface area contributed by atoms with E-state index < -0.39 is 16.8 Å². The zero-order valence-corrected chi connectivity index (χ0v) is 17.0. The van der Waals surface area contributed by atoms with Crippen molar-refractivity contribution in [3.63, 3.8) is 0 Å². The third-order valence-electron chi connectivity index (χ3n) is 4.75. The first-order chi connectivity index (χ1) is 13.7. The third kappa shape index (κ3) is 5.62. The zero-order valence-electron chi connectivity index (χ0n) is 17.0. The number of carbonyl (C=O) groups excluding carboxylic acids is 1. The van der Waals surface area contributed by atoms with Crippen molar-refractivity contribution in [2.24, 2.45) is 0 Å². The number of amides is 1. The summed E-state index contributed by atoms with van der Waals surface area (Å²) >= 11 is 0. The van der Waals surface area contributed by atoms with Crippen molar-refractivity contribution >= 4 is 11.6 Å². The lowest BCUT2D eigenvalue weighted by Gasteiger charge is -2.30. The van der Waals surface area contributed by atoms with E-state index >= 15 is 0 Å². The highest BCUT2D eigenvalue weighted by molar-refractivity contribution is 5.94. The van der Waals surface area contributed by atoms with Crippen LogP contribution in [0.15, 0.2) is 54.6 Å². The number of nitro benzene ring substituents is 1. The summed E-state index contributed by atoms with van der Waals surface area (Å²) in [4.78, 5) is 23.4. The number of rotatable bonds is 6. The molecule has 2 aromatic rings. The van der Waals surface area contributed by atoms with Gasteiger partial charge in [0.1, 0.15) is 6.23 Å². The Morgan fingerprint density at radius 1 is 1.17 bits per heavy atom. The first-order valence-corrected chi connectivity index (χ1v) is 9.79. The molecule has 154 valence electrons. The molecule has 1 aliphatic rings. The number of nitro groups is 1. The van der Waals surface area contributed by atoms with Gasteiger partial charge < -0.3 is 4.74 Å². The Bertz CT molecular complexity index is 847. The smallest absolute Gasteiger partial charge is 0.270 e. The largest absolute Gasteiger partial charge is 0.351 e. The van der Waals surface area contributed by atoms with Gasteiger partial charge in [-0.05, 0) is 51.3 Å². The van der Waals surface area contributed by atoms with Crippen LogP contribution in [-0.4, -0.2) is 33.7 Å². The number of non-ortho nitro benzene ring substituents is 1. The van der Waals surface area contributed by atoms with Gasteiger partial charge in [-0.15, -0.1) is 0 Å². The van der Waals surface area contributed by atoms with E-state index in [4.69, 9.17) is 4.74 Å². The maximum atomic E-state index is 13.1.